The molecule has 0 spiro atoms. The van der Waals surface area contributed by atoms with E-state index in [2.05, 4.69) is 0 Å². The lowest BCUT2D eigenvalue weighted by atomic mass is 10.1. The van der Waals surface area contributed by atoms with Crippen molar-refractivity contribution in [3.63, 3.8) is 0 Å². The zero-order valence-electron chi connectivity index (χ0n) is 18.0. The maximum Gasteiger partial charge on any atom is 0.416 e. The van der Waals surface area contributed by atoms with Crippen molar-refractivity contribution < 1.29 is 22.8 Å². The molecule has 31 heavy (non-hydrogen) atoms. The molecule has 1 aliphatic carbocycles. The minimum absolute atomic E-state index is 0.0600. The van der Waals surface area contributed by atoms with Crippen LogP contribution in [0, 0.1) is 5.92 Å². The molecule has 0 bridgehead atoms. The van der Waals surface area contributed by atoms with E-state index >= 15 is 0 Å². The molecular weight excluding hydrogens is 407 g/mol. The highest BCUT2D eigenvalue weighted by Crippen LogP contribution is 2.30. The number of carbonyl (C=O) groups is 2. The van der Waals surface area contributed by atoms with Crippen molar-refractivity contribution >= 4 is 11.8 Å². The number of rotatable bonds is 8. The molecular formula is C23H28F3N3O2. The third kappa shape index (κ3) is 5.89. The van der Waals surface area contributed by atoms with E-state index in [1.165, 1.54) is 17.0 Å². The molecule has 0 aliphatic heterocycles. The van der Waals surface area contributed by atoms with Gasteiger partial charge in [-0.25, -0.2) is 0 Å². The van der Waals surface area contributed by atoms with Gasteiger partial charge in [0.1, 0.15) is 6.54 Å². The fraction of sp³-hybridized carbons (Fsp3) is 0.478. The highest BCUT2D eigenvalue weighted by molar-refractivity contribution is 5.96. The quantitative estimate of drug-likeness (QED) is 0.620. The first-order chi connectivity index (χ1) is 14.6. The monoisotopic (exact) mass is 435 g/mol. The van der Waals surface area contributed by atoms with E-state index in [0.717, 1.165) is 30.7 Å². The topological polar surface area (TPSA) is 45.6 Å². The summed E-state index contributed by atoms with van der Waals surface area (Å²) in [6, 6.07) is 8.36. The number of nitrogens with zero attached hydrogens (tertiary/aromatic N) is 3. The largest absolute Gasteiger partial charge is 0.416 e. The van der Waals surface area contributed by atoms with Crippen LogP contribution in [-0.4, -0.2) is 45.3 Å². The molecule has 2 aromatic rings. The second-order valence-electron chi connectivity index (χ2n) is 8.52. The van der Waals surface area contributed by atoms with Gasteiger partial charge in [-0.3, -0.25) is 9.59 Å². The number of carbonyl (C=O) groups excluding carboxylic acids is 2. The molecule has 3 rings (SSSR count). The predicted octanol–water partition coefficient (Wildman–Crippen LogP) is 4.33. The van der Waals surface area contributed by atoms with Gasteiger partial charge in [0.15, 0.2) is 0 Å². The maximum atomic E-state index is 13.2. The summed E-state index contributed by atoms with van der Waals surface area (Å²) in [4.78, 5) is 29.4. The Morgan fingerprint density at radius 2 is 1.87 bits per heavy atom. The zero-order valence-corrected chi connectivity index (χ0v) is 18.0. The van der Waals surface area contributed by atoms with Crippen LogP contribution in [0.15, 0.2) is 42.6 Å². The first-order valence-electron chi connectivity index (χ1n) is 10.4. The van der Waals surface area contributed by atoms with E-state index < -0.39 is 17.6 Å². The smallest absolute Gasteiger partial charge is 0.353 e. The van der Waals surface area contributed by atoms with Crippen molar-refractivity contribution in [2.45, 2.75) is 45.5 Å². The lowest BCUT2D eigenvalue weighted by Crippen LogP contribution is -2.45. The molecule has 0 N–H and O–H groups in total. The van der Waals surface area contributed by atoms with Crippen molar-refractivity contribution in [3.8, 4) is 0 Å². The van der Waals surface area contributed by atoms with Crippen LogP contribution in [0.5, 0.6) is 0 Å². The van der Waals surface area contributed by atoms with Crippen LogP contribution >= 0.6 is 0 Å². The van der Waals surface area contributed by atoms with Gasteiger partial charge in [-0.2, -0.15) is 13.2 Å². The molecule has 1 aromatic carbocycles. The molecule has 1 saturated carbocycles. The molecule has 8 heteroatoms. The molecule has 1 fully saturated rings. The van der Waals surface area contributed by atoms with E-state index in [1.54, 1.807) is 4.90 Å². The van der Waals surface area contributed by atoms with Gasteiger partial charge in [-0.15, -0.1) is 0 Å². The summed E-state index contributed by atoms with van der Waals surface area (Å²) < 4.78 is 41.2. The first-order valence-corrected chi connectivity index (χ1v) is 10.4. The fourth-order valence-corrected chi connectivity index (χ4v) is 3.57. The number of hydrogen-bond donors (Lipinski definition) is 0. The van der Waals surface area contributed by atoms with E-state index in [0.29, 0.717) is 6.54 Å². The summed E-state index contributed by atoms with van der Waals surface area (Å²) in [5.41, 5.74) is 0.0426. The minimum Gasteiger partial charge on any atom is -0.353 e. The van der Waals surface area contributed by atoms with Gasteiger partial charge in [-0.1, -0.05) is 19.9 Å². The zero-order chi connectivity index (χ0) is 22.8. The average Bonchev–Trinajstić information content (AvgIpc) is 3.46. The Labute approximate surface area is 180 Å². The second-order valence-corrected chi connectivity index (χ2v) is 8.52. The van der Waals surface area contributed by atoms with Crippen LogP contribution in [-0.2, 0) is 24.6 Å². The Morgan fingerprint density at radius 3 is 2.42 bits per heavy atom. The number of aromatic nitrogens is 1. The van der Waals surface area contributed by atoms with E-state index in [1.807, 2.05) is 43.8 Å². The van der Waals surface area contributed by atoms with Crippen molar-refractivity contribution in [2.75, 3.05) is 13.1 Å². The number of aryl methyl sites for hydroxylation is 1. The van der Waals surface area contributed by atoms with E-state index in [4.69, 9.17) is 0 Å². The molecule has 0 radical (unpaired) electrons. The molecule has 1 aliphatic rings. The van der Waals surface area contributed by atoms with Gasteiger partial charge in [0.25, 0.3) is 5.91 Å². The number of hydrogen-bond acceptors (Lipinski definition) is 2. The summed E-state index contributed by atoms with van der Waals surface area (Å²) in [5.74, 6) is -0.697. The van der Waals surface area contributed by atoms with Crippen molar-refractivity contribution in [1.82, 2.24) is 14.4 Å². The predicted molar refractivity (Wildman–Crippen MR) is 111 cm³/mol. The van der Waals surface area contributed by atoms with Gasteiger partial charge < -0.3 is 14.4 Å². The minimum atomic E-state index is -4.53. The molecule has 5 nitrogen and oxygen atoms in total. The summed E-state index contributed by atoms with van der Waals surface area (Å²) in [6.07, 6.45) is -0.788. The first kappa shape index (κ1) is 22.9. The van der Waals surface area contributed by atoms with Crippen LogP contribution in [0.3, 0.4) is 0 Å². The fourth-order valence-electron chi connectivity index (χ4n) is 3.57. The summed E-state index contributed by atoms with van der Waals surface area (Å²) >= 11 is 0. The number of benzene rings is 1. The SMILES string of the molecule is CC(C)CN(CC(=O)N(Cc1cccn1C)C1CC1)C(=O)c1cccc(C(F)(F)F)c1. The maximum absolute atomic E-state index is 13.2. The molecule has 0 saturated heterocycles. The van der Waals surface area contributed by atoms with Gasteiger partial charge in [0.2, 0.25) is 5.91 Å². The van der Waals surface area contributed by atoms with Crippen LogP contribution in [0.25, 0.3) is 0 Å². The van der Waals surface area contributed by atoms with Crippen LogP contribution in [0.1, 0.15) is 48.3 Å². The molecule has 1 aromatic heterocycles. The van der Waals surface area contributed by atoms with Crippen molar-refractivity contribution in [3.05, 3.63) is 59.4 Å². The van der Waals surface area contributed by atoms with E-state index in [9.17, 15) is 22.8 Å². The Kier molecular flexibility index (Phi) is 6.77. The lowest BCUT2D eigenvalue weighted by molar-refractivity contribution is -0.137. The van der Waals surface area contributed by atoms with Crippen molar-refractivity contribution in [1.29, 1.82) is 0 Å². The lowest BCUT2D eigenvalue weighted by Gasteiger charge is -2.29. The molecule has 2 amide bonds. The Balaban J connectivity index is 1.79. The van der Waals surface area contributed by atoms with Crippen LogP contribution in [0.4, 0.5) is 13.2 Å². The molecule has 168 valence electrons. The Bertz CT molecular complexity index is 932. The van der Waals surface area contributed by atoms with Gasteiger partial charge in [0, 0.05) is 37.1 Å². The molecule has 0 unspecified atom stereocenters. The highest BCUT2D eigenvalue weighted by atomic mass is 19.4. The summed E-state index contributed by atoms with van der Waals surface area (Å²) in [5, 5.41) is 0. The Hall–Kier alpha value is -2.77. The third-order valence-electron chi connectivity index (χ3n) is 5.33. The normalized spacial score (nSPS) is 14.0. The number of amides is 2. The van der Waals surface area contributed by atoms with Gasteiger partial charge in [0.05, 0.1) is 12.1 Å². The standard InChI is InChI=1S/C23H28F3N3O2/c1-16(2)13-28(22(31)17-6-4-7-18(12-17)23(24,25)26)15-21(30)29(19-9-10-19)14-20-8-5-11-27(20)3/h4-8,11-12,16,19H,9-10,13-15H2,1-3H3. The summed E-state index contributed by atoms with van der Waals surface area (Å²) in [6.45, 7) is 4.37. The van der Waals surface area contributed by atoms with Gasteiger partial charge in [-0.05, 0) is 49.1 Å². The third-order valence-corrected chi connectivity index (χ3v) is 5.33. The van der Waals surface area contributed by atoms with Gasteiger partial charge >= 0.3 is 6.18 Å². The number of halogens is 3. The average molecular weight is 435 g/mol. The molecule has 1 heterocycles. The molecule has 0 atom stereocenters. The highest BCUT2D eigenvalue weighted by Gasteiger charge is 2.35. The Morgan fingerprint density at radius 1 is 1.16 bits per heavy atom. The van der Waals surface area contributed by atoms with Crippen molar-refractivity contribution in [2.24, 2.45) is 13.0 Å². The second kappa shape index (κ2) is 9.16. The van der Waals surface area contributed by atoms with Crippen LogP contribution in [0.2, 0.25) is 0 Å². The number of alkyl halides is 3. The van der Waals surface area contributed by atoms with E-state index in [-0.39, 0.29) is 36.5 Å². The summed E-state index contributed by atoms with van der Waals surface area (Å²) in [7, 11) is 1.91. The van der Waals surface area contributed by atoms with Crippen LogP contribution < -0.4 is 0 Å².